The van der Waals surface area contributed by atoms with Crippen LogP contribution in [0.2, 0.25) is 0 Å². The molecule has 0 bridgehead atoms. The Morgan fingerprint density at radius 2 is 0.706 bits per heavy atom. The molecule has 0 aromatic heterocycles. The lowest BCUT2D eigenvalue weighted by Gasteiger charge is -2.09. The second kappa shape index (κ2) is 39.4. The van der Waals surface area contributed by atoms with E-state index in [1.165, 1.54) is 90.4 Å². The molecule has 298 valence electrons. The van der Waals surface area contributed by atoms with Gasteiger partial charge in [-0.25, -0.2) is 0 Å². The molecule has 0 heterocycles. The van der Waals surface area contributed by atoms with Crippen molar-refractivity contribution in [3.05, 3.63) is 24.3 Å². The van der Waals surface area contributed by atoms with Gasteiger partial charge in [0.15, 0.2) is 0 Å². The third kappa shape index (κ3) is 36.3. The van der Waals surface area contributed by atoms with Gasteiger partial charge >= 0.3 is 0 Å². The van der Waals surface area contributed by atoms with E-state index in [-0.39, 0.29) is 5.91 Å². The van der Waals surface area contributed by atoms with Gasteiger partial charge < -0.3 is 47.9 Å². The third-order valence-corrected chi connectivity index (χ3v) is 7.92. The fourth-order valence-electron chi connectivity index (χ4n) is 5.10. The number of benzene rings is 1. The van der Waals surface area contributed by atoms with Crippen LogP contribution in [-0.2, 0) is 42.7 Å². The fourth-order valence-corrected chi connectivity index (χ4v) is 5.10. The van der Waals surface area contributed by atoms with Crippen molar-refractivity contribution in [1.82, 2.24) is 0 Å². The minimum absolute atomic E-state index is 0.103. The van der Waals surface area contributed by atoms with Crippen molar-refractivity contribution in [1.29, 1.82) is 0 Å². The maximum absolute atomic E-state index is 11.0. The first-order chi connectivity index (χ1) is 25.2. The quantitative estimate of drug-likeness (QED) is 0.0676. The van der Waals surface area contributed by atoms with Gasteiger partial charge in [0.25, 0.3) is 0 Å². The zero-order valence-corrected chi connectivity index (χ0v) is 32.3. The van der Waals surface area contributed by atoms with E-state index in [1.807, 2.05) is 12.1 Å². The molecular formula is C40H73NO10. The molecule has 0 unspecified atom stereocenters. The van der Waals surface area contributed by atoms with E-state index in [2.05, 4.69) is 12.2 Å². The second-order valence-corrected chi connectivity index (χ2v) is 12.5. The largest absolute Gasteiger partial charge is 0.491 e. The highest BCUT2D eigenvalue weighted by molar-refractivity contribution is 5.88. The van der Waals surface area contributed by atoms with Crippen LogP contribution in [-0.4, -0.2) is 118 Å². The number of hydrogen-bond donors (Lipinski definition) is 1. The summed E-state index contributed by atoms with van der Waals surface area (Å²) in [6.45, 7) is 13.0. The topological polar surface area (TPSA) is 112 Å². The van der Waals surface area contributed by atoms with E-state index in [4.69, 9.17) is 42.6 Å². The first-order valence-corrected chi connectivity index (χ1v) is 19.8. The second-order valence-electron chi connectivity index (χ2n) is 12.5. The van der Waals surface area contributed by atoms with Crippen LogP contribution in [0, 0.1) is 0 Å². The molecular weight excluding hydrogens is 654 g/mol. The highest BCUT2D eigenvalue weighted by Gasteiger charge is 1.99. The minimum atomic E-state index is -0.103. The zero-order chi connectivity index (χ0) is 36.6. The van der Waals surface area contributed by atoms with Crippen molar-refractivity contribution in [2.24, 2.45) is 0 Å². The van der Waals surface area contributed by atoms with Gasteiger partial charge in [-0.15, -0.1) is 0 Å². The van der Waals surface area contributed by atoms with Gasteiger partial charge in [0.05, 0.1) is 99.1 Å². The van der Waals surface area contributed by atoms with Gasteiger partial charge in [-0.2, -0.15) is 0 Å². The minimum Gasteiger partial charge on any atom is -0.491 e. The third-order valence-electron chi connectivity index (χ3n) is 7.92. The van der Waals surface area contributed by atoms with Gasteiger partial charge in [-0.3, -0.25) is 4.79 Å². The Morgan fingerprint density at radius 1 is 0.412 bits per heavy atom. The number of hydrogen-bond acceptors (Lipinski definition) is 10. The Morgan fingerprint density at radius 3 is 1.04 bits per heavy atom. The van der Waals surface area contributed by atoms with E-state index >= 15 is 0 Å². The molecule has 51 heavy (non-hydrogen) atoms. The van der Waals surface area contributed by atoms with Gasteiger partial charge in [-0.05, 0) is 30.7 Å². The van der Waals surface area contributed by atoms with E-state index in [1.54, 1.807) is 12.1 Å². The molecule has 0 saturated carbocycles. The van der Waals surface area contributed by atoms with Gasteiger partial charge in [0.2, 0.25) is 5.91 Å². The van der Waals surface area contributed by atoms with Gasteiger partial charge in [0.1, 0.15) is 12.4 Å². The lowest BCUT2D eigenvalue weighted by Crippen LogP contribution is -2.15. The molecule has 11 heteroatoms. The van der Waals surface area contributed by atoms with E-state index < -0.39 is 0 Å². The summed E-state index contributed by atoms with van der Waals surface area (Å²) in [5.41, 5.74) is 0.737. The Hall–Kier alpha value is -1.83. The van der Waals surface area contributed by atoms with Crippen LogP contribution in [0.3, 0.4) is 0 Å². The van der Waals surface area contributed by atoms with Gasteiger partial charge in [0, 0.05) is 19.2 Å². The smallest absolute Gasteiger partial charge is 0.221 e. The number of rotatable bonds is 41. The van der Waals surface area contributed by atoms with Crippen LogP contribution < -0.4 is 10.1 Å². The lowest BCUT2D eigenvalue weighted by atomic mass is 10.0. The van der Waals surface area contributed by atoms with Crippen LogP contribution in [0.1, 0.15) is 104 Å². The average molecular weight is 728 g/mol. The number of anilines is 1. The van der Waals surface area contributed by atoms with Crippen molar-refractivity contribution in [3.8, 4) is 5.75 Å². The molecule has 1 rings (SSSR count). The molecule has 0 aliphatic heterocycles. The summed E-state index contributed by atoms with van der Waals surface area (Å²) in [6.07, 6.45) is 19.2. The molecule has 0 fully saturated rings. The Balaban J connectivity index is 1.64. The van der Waals surface area contributed by atoms with Crippen molar-refractivity contribution in [3.63, 3.8) is 0 Å². The summed E-state index contributed by atoms with van der Waals surface area (Å²) in [4.78, 5) is 11.0. The number of carbonyl (C=O) groups excluding carboxylic acids is 1. The zero-order valence-electron chi connectivity index (χ0n) is 32.3. The molecule has 0 aliphatic rings. The maximum atomic E-state index is 11.0. The molecule has 1 N–H and O–H groups in total. The first kappa shape index (κ1) is 47.2. The monoisotopic (exact) mass is 728 g/mol. The van der Waals surface area contributed by atoms with E-state index in [0.29, 0.717) is 106 Å². The first-order valence-electron chi connectivity index (χ1n) is 19.8. The van der Waals surface area contributed by atoms with Crippen molar-refractivity contribution in [2.75, 3.05) is 118 Å². The van der Waals surface area contributed by atoms with E-state index in [9.17, 15) is 4.79 Å². The summed E-state index contributed by atoms with van der Waals surface area (Å²) in [5, 5.41) is 2.72. The van der Waals surface area contributed by atoms with Crippen LogP contribution in [0.25, 0.3) is 0 Å². The molecule has 0 radical (unpaired) electrons. The number of amides is 1. The fraction of sp³-hybridized carbons (Fsp3) is 0.825. The van der Waals surface area contributed by atoms with Crippen LogP contribution in [0.4, 0.5) is 5.69 Å². The number of unbranched alkanes of at least 4 members (excludes halogenated alkanes) is 13. The Labute approximate surface area is 310 Å². The summed E-state index contributed by atoms with van der Waals surface area (Å²) in [7, 11) is 0. The predicted octanol–water partition coefficient (Wildman–Crippen LogP) is 7.64. The van der Waals surface area contributed by atoms with Crippen LogP contribution in [0.15, 0.2) is 24.3 Å². The Bertz CT molecular complexity index is 845. The maximum Gasteiger partial charge on any atom is 0.221 e. The normalized spacial score (nSPS) is 11.3. The molecule has 1 amide bonds. The standard InChI is InChI=1S/C40H73NO10/c1-3-4-5-6-7-8-9-10-11-12-13-14-15-16-21-43-22-23-44-24-25-45-26-27-46-28-29-47-30-31-48-32-33-49-34-35-50-36-37-51-40-19-17-39(18-20-40)41-38(2)42/h17-20H,3-16,21-37H2,1-2H3,(H,41,42). The Kier molecular flexibility index (Phi) is 36.4. The van der Waals surface area contributed by atoms with Crippen molar-refractivity contribution < 1.29 is 47.4 Å². The number of carbonyl (C=O) groups is 1. The number of nitrogens with one attached hydrogen (secondary N) is 1. The summed E-state index contributed by atoms with van der Waals surface area (Å²) in [6, 6.07) is 7.20. The highest BCUT2D eigenvalue weighted by atomic mass is 16.6. The molecule has 0 saturated heterocycles. The van der Waals surface area contributed by atoms with Crippen molar-refractivity contribution >= 4 is 11.6 Å². The predicted molar refractivity (Wildman–Crippen MR) is 203 cm³/mol. The van der Waals surface area contributed by atoms with Crippen molar-refractivity contribution in [2.45, 2.75) is 104 Å². The summed E-state index contributed by atoms with van der Waals surface area (Å²) < 4.78 is 49.9. The molecule has 1 aromatic carbocycles. The summed E-state index contributed by atoms with van der Waals surface area (Å²) in [5.74, 6) is 0.621. The number of ether oxygens (including phenoxy) is 9. The highest BCUT2D eigenvalue weighted by Crippen LogP contribution is 2.16. The lowest BCUT2D eigenvalue weighted by molar-refractivity contribution is -0.114. The van der Waals surface area contributed by atoms with Crippen LogP contribution >= 0.6 is 0 Å². The average Bonchev–Trinajstić information content (AvgIpc) is 3.13. The molecule has 0 aliphatic carbocycles. The van der Waals surface area contributed by atoms with E-state index in [0.717, 1.165) is 24.5 Å². The van der Waals surface area contributed by atoms with Crippen LogP contribution in [0.5, 0.6) is 5.75 Å². The molecule has 11 nitrogen and oxygen atoms in total. The summed E-state index contributed by atoms with van der Waals surface area (Å²) >= 11 is 0. The molecule has 0 atom stereocenters. The SMILES string of the molecule is CCCCCCCCCCCCCCCCOCCOCCOCCOCCOCCOCCOCCOCCOc1ccc(NC(C)=O)cc1. The molecule has 1 aromatic rings. The van der Waals surface area contributed by atoms with Gasteiger partial charge in [-0.1, -0.05) is 90.4 Å². The molecule has 0 spiro atoms.